The first-order valence-corrected chi connectivity index (χ1v) is 18.5. The van der Waals surface area contributed by atoms with Crippen molar-refractivity contribution in [3.05, 3.63) is 151 Å². The molecule has 1 aromatic heterocycles. The molecule has 1 radical (unpaired) electrons. The van der Waals surface area contributed by atoms with Gasteiger partial charge in [-0.2, -0.15) is 0 Å². The molecule has 0 saturated carbocycles. The number of pyridine rings is 1. The second-order valence-corrected chi connectivity index (χ2v) is 15.4. The second-order valence-electron chi connectivity index (χ2n) is 10.7. The molecular formula is C39H41MnN3P2. The summed E-state index contributed by atoms with van der Waals surface area (Å²) in [4.78, 5) is 14.8. The van der Waals surface area contributed by atoms with Gasteiger partial charge in [-0.15, -0.1) is 0 Å². The predicted molar refractivity (Wildman–Crippen MR) is 196 cm³/mol. The molecule has 6 heteroatoms. The molecule has 0 bridgehead atoms. The predicted octanol–water partition coefficient (Wildman–Crippen LogP) is 7.74. The number of benzene rings is 4. The van der Waals surface area contributed by atoms with Gasteiger partial charge in [0.05, 0.1) is 22.8 Å². The van der Waals surface area contributed by atoms with E-state index >= 15 is 0 Å². The molecule has 0 atom stereocenters. The number of rotatable bonds is 14. The molecule has 0 amide bonds. The Morgan fingerprint density at radius 1 is 0.467 bits per heavy atom. The molecule has 0 aliphatic rings. The number of aromatic nitrogens is 1. The number of hydrogen-bond donors (Lipinski definition) is 0. The average Bonchev–Trinajstić information content (AvgIpc) is 3.09. The molecule has 3 nitrogen and oxygen atoms in total. The van der Waals surface area contributed by atoms with Crippen LogP contribution in [0, 0.1) is 0 Å². The normalized spacial score (nSPS) is 11.9. The Bertz CT molecular complexity index is 1430. The van der Waals surface area contributed by atoms with E-state index in [1.165, 1.54) is 21.2 Å². The third kappa shape index (κ3) is 10.4. The van der Waals surface area contributed by atoms with Crippen molar-refractivity contribution in [2.45, 2.75) is 26.7 Å². The molecule has 0 aliphatic carbocycles. The van der Waals surface area contributed by atoms with E-state index in [1.807, 2.05) is 0 Å². The van der Waals surface area contributed by atoms with Crippen LogP contribution in [0.3, 0.4) is 0 Å². The summed E-state index contributed by atoms with van der Waals surface area (Å²) >= 11 is 0. The average molecular weight is 669 g/mol. The van der Waals surface area contributed by atoms with E-state index in [2.05, 4.69) is 153 Å². The van der Waals surface area contributed by atoms with Gasteiger partial charge in [0.25, 0.3) is 0 Å². The van der Waals surface area contributed by atoms with Crippen LogP contribution in [0.4, 0.5) is 0 Å². The first-order chi connectivity index (χ1) is 21.7. The topological polar surface area (TPSA) is 37.6 Å². The fraction of sp³-hybridized carbons (Fsp3) is 0.205. The number of aliphatic imine (C=N–C) groups is 2. The molecule has 0 aliphatic heterocycles. The Morgan fingerprint density at radius 3 is 1.09 bits per heavy atom. The molecule has 5 rings (SSSR count). The van der Waals surface area contributed by atoms with Crippen molar-refractivity contribution in [3.63, 3.8) is 0 Å². The molecular weight excluding hydrogens is 627 g/mol. The maximum atomic E-state index is 4.94. The van der Waals surface area contributed by atoms with E-state index in [-0.39, 0.29) is 32.9 Å². The first kappa shape index (κ1) is 34.6. The third-order valence-corrected chi connectivity index (χ3v) is 12.8. The van der Waals surface area contributed by atoms with Gasteiger partial charge < -0.3 is 0 Å². The maximum absolute atomic E-state index is 4.94. The summed E-state index contributed by atoms with van der Waals surface area (Å²) in [6.45, 7) is 5.75. The SMILES string of the molecule is CC(=NCCCP(c1ccccc1)c1ccccc1)c1cccc(C(C)=NCCCP(c2ccccc2)c2ccccc2)n1.[Mn]. The minimum absolute atomic E-state index is 0. The van der Waals surface area contributed by atoms with Crippen molar-refractivity contribution >= 4 is 48.5 Å². The van der Waals surface area contributed by atoms with Gasteiger partial charge >= 0.3 is 0 Å². The van der Waals surface area contributed by atoms with Crippen molar-refractivity contribution in [2.75, 3.05) is 25.4 Å². The van der Waals surface area contributed by atoms with Gasteiger partial charge in [-0.05, 0) is 88.2 Å². The van der Waals surface area contributed by atoms with Crippen molar-refractivity contribution in [3.8, 4) is 0 Å². The summed E-state index contributed by atoms with van der Waals surface area (Å²) in [7, 11) is -0.776. The Kier molecular flexibility index (Phi) is 14.4. The Hall–Kier alpha value is -3.25. The van der Waals surface area contributed by atoms with Crippen LogP contribution in [0.25, 0.3) is 0 Å². The van der Waals surface area contributed by atoms with Gasteiger partial charge in [-0.3, -0.25) is 9.98 Å². The van der Waals surface area contributed by atoms with Crippen LogP contribution < -0.4 is 21.2 Å². The fourth-order valence-electron chi connectivity index (χ4n) is 5.20. The van der Waals surface area contributed by atoms with Gasteiger partial charge in [0.2, 0.25) is 0 Å². The van der Waals surface area contributed by atoms with Crippen molar-refractivity contribution in [2.24, 2.45) is 9.98 Å². The molecule has 0 fully saturated rings. The molecule has 229 valence electrons. The van der Waals surface area contributed by atoms with E-state index < -0.39 is 0 Å². The largest absolute Gasteiger partial charge is 0.288 e. The minimum atomic E-state index is -0.388. The Balaban J connectivity index is 0.00000461. The molecule has 5 aromatic rings. The van der Waals surface area contributed by atoms with E-state index in [4.69, 9.17) is 15.0 Å². The van der Waals surface area contributed by atoms with Crippen LogP contribution in [0.1, 0.15) is 38.1 Å². The summed E-state index contributed by atoms with van der Waals surface area (Å²) in [5.41, 5.74) is 3.84. The van der Waals surface area contributed by atoms with Crippen molar-refractivity contribution in [1.82, 2.24) is 4.98 Å². The third-order valence-electron chi connectivity index (χ3n) is 7.54. The number of nitrogens with zero attached hydrogens (tertiary/aromatic N) is 3. The van der Waals surface area contributed by atoms with Gasteiger partial charge in [-0.1, -0.05) is 127 Å². The molecule has 1 heterocycles. The van der Waals surface area contributed by atoms with Crippen LogP contribution in [-0.2, 0) is 17.1 Å². The quantitative estimate of drug-likeness (QED) is 0.0517. The molecule has 0 spiro atoms. The molecule has 45 heavy (non-hydrogen) atoms. The maximum Gasteiger partial charge on any atom is 0.0845 e. The summed E-state index contributed by atoms with van der Waals surface area (Å²) in [6.07, 6.45) is 4.33. The summed E-state index contributed by atoms with van der Waals surface area (Å²) in [5.74, 6) is 0. The summed E-state index contributed by atoms with van der Waals surface area (Å²) in [5, 5.41) is 5.70. The summed E-state index contributed by atoms with van der Waals surface area (Å²) in [6, 6.07) is 49.8. The van der Waals surface area contributed by atoms with Gasteiger partial charge in [0.1, 0.15) is 0 Å². The zero-order valence-electron chi connectivity index (χ0n) is 26.1. The van der Waals surface area contributed by atoms with Gasteiger partial charge in [0, 0.05) is 30.2 Å². The first-order valence-electron chi connectivity index (χ1n) is 15.4. The standard InChI is InChI=1S/C39H41N3P2.Mn/c1-32(40-28-16-30-43(34-18-7-3-8-19-34)35-20-9-4-10-21-35)38-26-15-27-39(42-38)33(2)41-29-17-31-44(36-22-11-5-12-23-36)37-24-13-6-14-25-37;/h3-15,18-27H,16-17,28-31H2,1-2H3;. The van der Waals surface area contributed by atoms with Crippen LogP contribution in [-0.4, -0.2) is 41.8 Å². The van der Waals surface area contributed by atoms with Crippen LogP contribution in [0.15, 0.2) is 150 Å². The Labute approximate surface area is 282 Å². The van der Waals surface area contributed by atoms with Crippen molar-refractivity contribution < 1.29 is 17.1 Å². The molecule has 4 aromatic carbocycles. The van der Waals surface area contributed by atoms with Gasteiger partial charge in [0.15, 0.2) is 0 Å². The fourth-order valence-corrected chi connectivity index (χ4v) is 9.87. The van der Waals surface area contributed by atoms with E-state index in [1.54, 1.807) is 0 Å². The molecule has 0 unspecified atom stereocenters. The van der Waals surface area contributed by atoms with E-state index in [0.29, 0.717) is 0 Å². The molecule has 0 saturated heterocycles. The minimum Gasteiger partial charge on any atom is -0.288 e. The van der Waals surface area contributed by atoms with Crippen molar-refractivity contribution in [1.29, 1.82) is 0 Å². The van der Waals surface area contributed by atoms with Crippen LogP contribution in [0.2, 0.25) is 0 Å². The summed E-state index contributed by atoms with van der Waals surface area (Å²) < 4.78 is 0. The zero-order chi connectivity index (χ0) is 30.4. The monoisotopic (exact) mass is 668 g/mol. The van der Waals surface area contributed by atoms with E-state index in [0.717, 1.165) is 61.1 Å². The van der Waals surface area contributed by atoms with E-state index in [9.17, 15) is 0 Å². The van der Waals surface area contributed by atoms with Gasteiger partial charge in [-0.25, -0.2) is 4.98 Å². The van der Waals surface area contributed by atoms with Crippen LogP contribution in [0.5, 0.6) is 0 Å². The smallest absolute Gasteiger partial charge is 0.0845 e. The molecule has 0 N–H and O–H groups in total. The van der Waals surface area contributed by atoms with Crippen LogP contribution >= 0.6 is 15.8 Å². The zero-order valence-corrected chi connectivity index (χ0v) is 29.1. The Morgan fingerprint density at radius 2 is 0.778 bits per heavy atom. The second kappa shape index (κ2) is 18.7. The number of hydrogen-bond acceptors (Lipinski definition) is 3.